The van der Waals surface area contributed by atoms with E-state index in [1.807, 2.05) is 61.5 Å². The van der Waals surface area contributed by atoms with E-state index in [-0.39, 0.29) is 0 Å². The lowest BCUT2D eigenvalue weighted by Gasteiger charge is -1.98. The molecule has 0 aliphatic heterocycles. The van der Waals surface area contributed by atoms with Crippen LogP contribution < -0.4 is 0 Å². The first kappa shape index (κ1) is 15.6. The second kappa shape index (κ2) is 6.90. The van der Waals surface area contributed by atoms with Gasteiger partial charge in [0.15, 0.2) is 0 Å². The average Bonchev–Trinajstić information content (AvgIpc) is 3.31. The summed E-state index contributed by atoms with van der Waals surface area (Å²) in [5.74, 6) is 2.00. The summed E-state index contributed by atoms with van der Waals surface area (Å²) in [6, 6.07) is 17.5. The van der Waals surface area contributed by atoms with Crippen molar-refractivity contribution in [2.45, 2.75) is 17.9 Å². The van der Waals surface area contributed by atoms with Gasteiger partial charge in [0.1, 0.15) is 0 Å². The van der Waals surface area contributed by atoms with Crippen molar-refractivity contribution in [1.82, 2.24) is 20.4 Å². The van der Waals surface area contributed by atoms with Gasteiger partial charge in [-0.25, -0.2) is 0 Å². The topological polar surface area (TPSA) is 77.8 Å². The summed E-state index contributed by atoms with van der Waals surface area (Å²) in [6.45, 7) is 2.01. The number of aryl methyl sites for hydroxylation is 1. The molecule has 0 atom stereocenters. The molecule has 124 valence electrons. The summed E-state index contributed by atoms with van der Waals surface area (Å²) in [5.41, 5.74) is 2.92. The summed E-state index contributed by atoms with van der Waals surface area (Å²) in [7, 11) is 0. The molecule has 0 spiro atoms. The van der Waals surface area contributed by atoms with E-state index in [4.69, 9.17) is 8.83 Å². The van der Waals surface area contributed by atoms with Gasteiger partial charge in [-0.05, 0) is 30.7 Å². The maximum Gasteiger partial charge on any atom is 0.277 e. The Hall–Kier alpha value is -2.93. The van der Waals surface area contributed by atoms with Gasteiger partial charge in [-0.15, -0.1) is 20.4 Å². The van der Waals surface area contributed by atoms with Crippen LogP contribution in [0.1, 0.15) is 11.5 Å². The Morgan fingerprint density at radius 2 is 1.56 bits per heavy atom. The number of hydrogen-bond acceptors (Lipinski definition) is 7. The minimum absolute atomic E-state index is 0.467. The van der Waals surface area contributed by atoms with Crippen LogP contribution in [-0.2, 0) is 5.75 Å². The van der Waals surface area contributed by atoms with Crippen molar-refractivity contribution in [2.24, 2.45) is 0 Å². The van der Waals surface area contributed by atoms with Gasteiger partial charge in [0.25, 0.3) is 5.22 Å². The quantitative estimate of drug-likeness (QED) is 0.494. The van der Waals surface area contributed by atoms with E-state index in [0.717, 1.165) is 16.7 Å². The highest BCUT2D eigenvalue weighted by Gasteiger charge is 2.13. The lowest BCUT2D eigenvalue weighted by Crippen LogP contribution is -1.81. The van der Waals surface area contributed by atoms with Gasteiger partial charge in [0.2, 0.25) is 17.7 Å². The van der Waals surface area contributed by atoms with E-state index in [9.17, 15) is 0 Å². The van der Waals surface area contributed by atoms with Gasteiger partial charge in [-0.2, -0.15) is 0 Å². The Kier molecular flexibility index (Phi) is 4.30. The van der Waals surface area contributed by atoms with Gasteiger partial charge >= 0.3 is 0 Å². The molecule has 0 saturated carbocycles. The van der Waals surface area contributed by atoms with Crippen LogP contribution in [0.5, 0.6) is 0 Å². The standard InChI is InChI=1S/C18H14N4O2S/c1-12-7-5-6-10-14(12)17-21-19-15(23-17)11-25-18-22-20-16(24-18)13-8-3-2-4-9-13/h2-10H,11H2,1H3. The molecule has 6 nitrogen and oxygen atoms in total. The smallest absolute Gasteiger partial charge is 0.277 e. The molecule has 0 saturated heterocycles. The highest BCUT2D eigenvalue weighted by molar-refractivity contribution is 7.98. The van der Waals surface area contributed by atoms with Crippen molar-refractivity contribution in [2.75, 3.05) is 0 Å². The van der Waals surface area contributed by atoms with Crippen molar-refractivity contribution in [1.29, 1.82) is 0 Å². The van der Waals surface area contributed by atoms with Crippen molar-refractivity contribution in [3.8, 4) is 22.9 Å². The number of hydrogen-bond donors (Lipinski definition) is 0. The van der Waals surface area contributed by atoms with Gasteiger partial charge in [-0.3, -0.25) is 0 Å². The highest BCUT2D eigenvalue weighted by Crippen LogP contribution is 2.27. The van der Waals surface area contributed by atoms with E-state index < -0.39 is 0 Å². The van der Waals surface area contributed by atoms with E-state index >= 15 is 0 Å². The van der Waals surface area contributed by atoms with Crippen molar-refractivity contribution < 1.29 is 8.83 Å². The normalized spacial score (nSPS) is 10.9. The van der Waals surface area contributed by atoms with Gasteiger partial charge < -0.3 is 8.83 Å². The van der Waals surface area contributed by atoms with E-state index in [0.29, 0.717) is 28.6 Å². The van der Waals surface area contributed by atoms with Gasteiger partial charge in [-0.1, -0.05) is 48.2 Å². The maximum absolute atomic E-state index is 5.73. The second-order valence-electron chi connectivity index (χ2n) is 5.34. The van der Waals surface area contributed by atoms with Crippen molar-refractivity contribution in [3.05, 3.63) is 66.1 Å². The molecule has 0 fully saturated rings. The SMILES string of the molecule is Cc1ccccc1-c1nnc(CSc2nnc(-c3ccccc3)o2)o1. The zero-order chi connectivity index (χ0) is 17.1. The van der Waals surface area contributed by atoms with E-state index in [2.05, 4.69) is 20.4 Å². The Bertz CT molecular complexity index is 981. The van der Waals surface area contributed by atoms with Crippen LogP contribution in [0.2, 0.25) is 0 Å². The molecule has 0 amide bonds. The molecule has 0 radical (unpaired) electrons. The molecule has 2 aromatic heterocycles. The summed E-state index contributed by atoms with van der Waals surface area (Å²) in [5, 5.41) is 16.8. The Morgan fingerprint density at radius 3 is 2.40 bits per heavy atom. The monoisotopic (exact) mass is 350 g/mol. The molecule has 25 heavy (non-hydrogen) atoms. The fraction of sp³-hybridized carbons (Fsp3) is 0.111. The maximum atomic E-state index is 5.73. The predicted molar refractivity (Wildman–Crippen MR) is 93.8 cm³/mol. The molecule has 2 aromatic carbocycles. The Labute approximate surface area is 148 Å². The molecule has 0 unspecified atom stereocenters. The number of aromatic nitrogens is 4. The molecular weight excluding hydrogens is 336 g/mol. The fourth-order valence-corrected chi connectivity index (χ4v) is 2.92. The van der Waals surface area contributed by atoms with Crippen LogP contribution in [0, 0.1) is 6.92 Å². The van der Waals surface area contributed by atoms with Crippen molar-refractivity contribution >= 4 is 11.8 Å². The summed E-state index contributed by atoms with van der Waals surface area (Å²) >= 11 is 1.37. The largest absolute Gasteiger partial charge is 0.420 e. The number of nitrogens with zero attached hydrogens (tertiary/aromatic N) is 4. The van der Waals surface area contributed by atoms with E-state index in [1.54, 1.807) is 0 Å². The minimum atomic E-state index is 0.467. The highest BCUT2D eigenvalue weighted by atomic mass is 32.2. The number of benzene rings is 2. The molecule has 4 aromatic rings. The number of thioether (sulfide) groups is 1. The van der Waals surface area contributed by atoms with Gasteiger partial charge in [0, 0.05) is 11.1 Å². The summed E-state index contributed by atoms with van der Waals surface area (Å²) in [4.78, 5) is 0. The molecule has 2 heterocycles. The second-order valence-corrected chi connectivity index (χ2v) is 6.27. The third kappa shape index (κ3) is 3.46. The minimum Gasteiger partial charge on any atom is -0.420 e. The first-order valence-corrected chi connectivity index (χ1v) is 8.68. The predicted octanol–water partition coefficient (Wildman–Crippen LogP) is 4.39. The van der Waals surface area contributed by atoms with Crippen molar-refractivity contribution in [3.63, 3.8) is 0 Å². The molecule has 0 aliphatic rings. The lowest BCUT2D eigenvalue weighted by molar-refractivity contribution is 0.464. The first-order chi connectivity index (χ1) is 12.3. The van der Waals surface area contributed by atoms with Crippen LogP contribution in [0.4, 0.5) is 0 Å². The van der Waals surface area contributed by atoms with Crippen LogP contribution in [-0.4, -0.2) is 20.4 Å². The molecule has 7 heteroatoms. The molecule has 0 aliphatic carbocycles. The molecule has 0 bridgehead atoms. The first-order valence-electron chi connectivity index (χ1n) is 7.70. The Morgan fingerprint density at radius 1 is 0.800 bits per heavy atom. The summed E-state index contributed by atoms with van der Waals surface area (Å²) in [6.07, 6.45) is 0. The molecule has 0 N–H and O–H groups in total. The fourth-order valence-electron chi connectivity index (χ4n) is 2.32. The zero-order valence-corrected chi connectivity index (χ0v) is 14.2. The van der Waals surface area contributed by atoms with Crippen LogP contribution in [0.15, 0.2) is 68.7 Å². The lowest BCUT2D eigenvalue weighted by atomic mass is 10.1. The third-order valence-electron chi connectivity index (χ3n) is 3.59. The van der Waals surface area contributed by atoms with Gasteiger partial charge in [0.05, 0.1) is 5.75 Å². The third-order valence-corrected chi connectivity index (χ3v) is 4.39. The summed E-state index contributed by atoms with van der Waals surface area (Å²) < 4.78 is 11.4. The number of rotatable bonds is 5. The van der Waals surface area contributed by atoms with Crippen LogP contribution in [0.25, 0.3) is 22.9 Å². The zero-order valence-electron chi connectivity index (χ0n) is 13.4. The molecular formula is C18H14N4O2S. The van der Waals surface area contributed by atoms with Crippen LogP contribution >= 0.6 is 11.8 Å². The van der Waals surface area contributed by atoms with Crippen LogP contribution in [0.3, 0.4) is 0 Å². The average molecular weight is 350 g/mol. The van der Waals surface area contributed by atoms with E-state index in [1.165, 1.54) is 11.8 Å². The Balaban J connectivity index is 1.44. The molecule has 4 rings (SSSR count).